The third kappa shape index (κ3) is 7.08. The molecule has 3 nitrogen and oxygen atoms in total. The minimum absolute atomic E-state index is 0.134. The highest BCUT2D eigenvalue weighted by Gasteiger charge is 2.02. The van der Waals surface area contributed by atoms with Crippen LogP contribution in [0, 0.1) is 10.1 Å². The SMILES string of the molecule is CC.CC.O=[N+]([O-])c1ccc(CBr)cc1. The molecular formula is C11H18BrNO2. The Labute approximate surface area is 99.8 Å². The van der Waals surface area contributed by atoms with Crippen LogP contribution in [0.2, 0.25) is 0 Å². The molecule has 1 rings (SSSR count). The molecule has 4 heteroatoms. The summed E-state index contributed by atoms with van der Waals surface area (Å²) < 4.78 is 0. The smallest absolute Gasteiger partial charge is 0.258 e. The average molecular weight is 276 g/mol. The lowest BCUT2D eigenvalue weighted by Gasteiger charge is -1.92. The molecule has 0 aliphatic rings. The molecule has 0 amide bonds. The zero-order valence-corrected chi connectivity index (χ0v) is 11.2. The van der Waals surface area contributed by atoms with Crippen LogP contribution in [-0.2, 0) is 5.33 Å². The zero-order chi connectivity index (χ0) is 12.3. The summed E-state index contributed by atoms with van der Waals surface area (Å²) in [7, 11) is 0. The second-order valence-corrected chi connectivity index (χ2v) is 2.62. The van der Waals surface area contributed by atoms with Crippen LogP contribution < -0.4 is 0 Å². The first-order valence-corrected chi connectivity index (χ1v) is 6.15. The number of nitro groups is 1. The van der Waals surface area contributed by atoms with Crippen LogP contribution in [0.3, 0.4) is 0 Å². The van der Waals surface area contributed by atoms with Gasteiger partial charge in [0, 0.05) is 17.5 Å². The first-order chi connectivity index (χ1) is 7.24. The third-order valence-corrected chi connectivity index (χ3v) is 1.95. The maximum atomic E-state index is 10.2. The van der Waals surface area contributed by atoms with E-state index >= 15 is 0 Å². The fourth-order valence-electron chi connectivity index (χ4n) is 0.707. The molecule has 0 heterocycles. The molecular weight excluding hydrogens is 258 g/mol. The summed E-state index contributed by atoms with van der Waals surface area (Å²) in [6, 6.07) is 6.45. The monoisotopic (exact) mass is 275 g/mol. The third-order valence-electron chi connectivity index (χ3n) is 1.30. The van der Waals surface area contributed by atoms with Crippen molar-refractivity contribution < 1.29 is 4.92 Å². The number of hydrogen-bond donors (Lipinski definition) is 0. The van der Waals surface area contributed by atoms with Crippen molar-refractivity contribution in [2.45, 2.75) is 33.0 Å². The summed E-state index contributed by atoms with van der Waals surface area (Å²) in [6.45, 7) is 8.00. The van der Waals surface area contributed by atoms with Gasteiger partial charge < -0.3 is 0 Å². The summed E-state index contributed by atoms with van der Waals surface area (Å²) in [5.41, 5.74) is 1.17. The molecule has 1 aromatic carbocycles. The van der Waals surface area contributed by atoms with Gasteiger partial charge in [-0.2, -0.15) is 0 Å². The summed E-state index contributed by atoms with van der Waals surface area (Å²) in [4.78, 5) is 9.79. The molecule has 0 aromatic heterocycles. The van der Waals surface area contributed by atoms with Gasteiger partial charge >= 0.3 is 0 Å². The van der Waals surface area contributed by atoms with Crippen molar-refractivity contribution in [3.8, 4) is 0 Å². The number of benzene rings is 1. The largest absolute Gasteiger partial charge is 0.269 e. The van der Waals surface area contributed by atoms with E-state index in [0.29, 0.717) is 0 Å². The lowest BCUT2D eigenvalue weighted by Crippen LogP contribution is -1.87. The van der Waals surface area contributed by atoms with Crippen molar-refractivity contribution in [2.75, 3.05) is 0 Å². The maximum Gasteiger partial charge on any atom is 0.269 e. The Morgan fingerprint density at radius 1 is 1.13 bits per heavy atom. The topological polar surface area (TPSA) is 43.1 Å². The highest BCUT2D eigenvalue weighted by atomic mass is 79.9. The van der Waals surface area contributed by atoms with Crippen LogP contribution in [0.5, 0.6) is 0 Å². The molecule has 0 aliphatic carbocycles. The molecule has 0 N–H and O–H groups in total. The van der Waals surface area contributed by atoms with Gasteiger partial charge in [-0.15, -0.1) is 0 Å². The molecule has 0 saturated carbocycles. The zero-order valence-electron chi connectivity index (χ0n) is 9.66. The van der Waals surface area contributed by atoms with Gasteiger partial charge in [0.15, 0.2) is 0 Å². The Balaban J connectivity index is 0. The van der Waals surface area contributed by atoms with Gasteiger partial charge in [0.25, 0.3) is 5.69 Å². The number of nitrogens with zero attached hydrogens (tertiary/aromatic N) is 1. The fourth-order valence-corrected chi connectivity index (χ4v) is 1.08. The number of hydrogen-bond acceptors (Lipinski definition) is 2. The highest BCUT2D eigenvalue weighted by molar-refractivity contribution is 9.08. The van der Waals surface area contributed by atoms with Crippen LogP contribution in [0.15, 0.2) is 24.3 Å². The number of alkyl halides is 1. The van der Waals surface area contributed by atoms with E-state index in [0.717, 1.165) is 10.9 Å². The number of nitro benzene ring substituents is 1. The minimum Gasteiger partial charge on any atom is -0.258 e. The van der Waals surface area contributed by atoms with Gasteiger partial charge in [0.05, 0.1) is 4.92 Å². The van der Waals surface area contributed by atoms with E-state index in [-0.39, 0.29) is 5.69 Å². The highest BCUT2D eigenvalue weighted by Crippen LogP contribution is 2.13. The van der Waals surface area contributed by atoms with Crippen LogP contribution in [-0.4, -0.2) is 4.92 Å². The van der Waals surface area contributed by atoms with Crippen molar-refractivity contribution in [1.82, 2.24) is 0 Å². The Hall–Kier alpha value is -0.900. The van der Waals surface area contributed by atoms with Crippen molar-refractivity contribution in [3.63, 3.8) is 0 Å². The fraction of sp³-hybridized carbons (Fsp3) is 0.455. The number of rotatable bonds is 2. The number of halogens is 1. The van der Waals surface area contributed by atoms with E-state index in [9.17, 15) is 10.1 Å². The second kappa shape index (κ2) is 11.2. The van der Waals surface area contributed by atoms with Crippen LogP contribution in [0.25, 0.3) is 0 Å². The molecule has 0 spiro atoms. The Kier molecular flexibility index (Phi) is 12.3. The lowest BCUT2D eigenvalue weighted by atomic mass is 10.2. The standard InChI is InChI=1S/C7H6BrNO2.2C2H6/c8-5-6-1-3-7(4-2-6)9(10)11;2*1-2/h1-4H,5H2;2*1-2H3. The predicted molar refractivity (Wildman–Crippen MR) is 68.4 cm³/mol. The van der Waals surface area contributed by atoms with Crippen LogP contribution in [0.4, 0.5) is 5.69 Å². The van der Waals surface area contributed by atoms with Gasteiger partial charge in [-0.1, -0.05) is 55.8 Å². The summed E-state index contributed by atoms with van der Waals surface area (Å²) in [6.07, 6.45) is 0. The lowest BCUT2D eigenvalue weighted by molar-refractivity contribution is -0.384. The van der Waals surface area contributed by atoms with Gasteiger partial charge in [-0.25, -0.2) is 0 Å². The molecule has 0 aliphatic heterocycles. The molecule has 15 heavy (non-hydrogen) atoms. The van der Waals surface area contributed by atoms with Gasteiger partial charge in [0.2, 0.25) is 0 Å². The molecule has 0 unspecified atom stereocenters. The quantitative estimate of drug-likeness (QED) is 0.452. The van der Waals surface area contributed by atoms with E-state index < -0.39 is 4.92 Å². The normalized spacial score (nSPS) is 7.80. The first kappa shape index (κ1) is 16.5. The Morgan fingerprint density at radius 2 is 1.53 bits per heavy atom. The van der Waals surface area contributed by atoms with E-state index in [1.165, 1.54) is 12.1 Å². The summed E-state index contributed by atoms with van der Waals surface area (Å²) in [5, 5.41) is 10.9. The molecule has 0 bridgehead atoms. The first-order valence-electron chi connectivity index (χ1n) is 5.03. The minimum atomic E-state index is -0.405. The molecule has 86 valence electrons. The summed E-state index contributed by atoms with van der Waals surface area (Å²) in [5.74, 6) is 0. The predicted octanol–water partition coefficient (Wildman–Crippen LogP) is 4.54. The van der Waals surface area contributed by atoms with Gasteiger partial charge in [-0.05, 0) is 5.56 Å². The van der Waals surface area contributed by atoms with E-state index in [4.69, 9.17) is 0 Å². The van der Waals surface area contributed by atoms with Crippen LogP contribution >= 0.6 is 15.9 Å². The Morgan fingerprint density at radius 3 is 1.80 bits per heavy atom. The summed E-state index contributed by atoms with van der Waals surface area (Å²) >= 11 is 3.25. The van der Waals surface area contributed by atoms with Crippen molar-refractivity contribution >= 4 is 21.6 Å². The molecule has 1 aromatic rings. The van der Waals surface area contributed by atoms with E-state index in [1.807, 2.05) is 27.7 Å². The van der Waals surface area contributed by atoms with Gasteiger partial charge in [-0.3, -0.25) is 10.1 Å². The average Bonchev–Trinajstić information content (AvgIpc) is 2.34. The van der Waals surface area contributed by atoms with Crippen molar-refractivity contribution in [3.05, 3.63) is 39.9 Å². The van der Waals surface area contributed by atoms with Gasteiger partial charge in [0.1, 0.15) is 0 Å². The maximum absolute atomic E-state index is 10.2. The van der Waals surface area contributed by atoms with Crippen molar-refractivity contribution in [1.29, 1.82) is 0 Å². The molecule has 0 radical (unpaired) electrons. The van der Waals surface area contributed by atoms with Crippen LogP contribution in [0.1, 0.15) is 33.3 Å². The Bertz CT molecular complexity index is 260. The second-order valence-electron chi connectivity index (χ2n) is 2.06. The number of non-ortho nitro benzene ring substituents is 1. The molecule has 0 fully saturated rings. The molecule has 0 atom stereocenters. The van der Waals surface area contributed by atoms with E-state index in [2.05, 4.69) is 15.9 Å². The van der Waals surface area contributed by atoms with E-state index in [1.54, 1.807) is 12.1 Å². The van der Waals surface area contributed by atoms with Crippen molar-refractivity contribution in [2.24, 2.45) is 0 Å². The molecule has 0 saturated heterocycles.